The number of phenolic OH excluding ortho intramolecular Hbond substituents is 1. The van der Waals surface area contributed by atoms with E-state index in [1.807, 2.05) is 20.8 Å². The van der Waals surface area contributed by atoms with Crippen LogP contribution in [0.4, 0.5) is 0 Å². The molecule has 88 valence electrons. The Hall–Kier alpha value is -0.540. The molecule has 0 spiro atoms. The molecule has 1 aromatic rings. The van der Waals surface area contributed by atoms with E-state index in [1.54, 1.807) is 6.07 Å². The molecule has 4 heteroatoms. The Balaban J connectivity index is 3.39. The average molecular weight is 306 g/mol. The van der Waals surface area contributed by atoms with Gasteiger partial charge < -0.3 is 5.11 Å². The smallest absolute Gasteiger partial charge is 0.173 e. The molecule has 0 atom stereocenters. The van der Waals surface area contributed by atoms with Crippen LogP contribution in [-0.4, -0.2) is 16.2 Å². The SMILES string of the molecule is CC(C)(C)c1cc(C(=O)CBr)cc(Cl)c1O. The van der Waals surface area contributed by atoms with E-state index < -0.39 is 0 Å². The lowest BCUT2D eigenvalue weighted by Gasteiger charge is -2.21. The molecule has 16 heavy (non-hydrogen) atoms. The zero-order valence-corrected chi connectivity index (χ0v) is 11.8. The lowest BCUT2D eigenvalue weighted by atomic mass is 9.85. The minimum Gasteiger partial charge on any atom is -0.506 e. The third-order valence-electron chi connectivity index (χ3n) is 2.31. The molecule has 0 bridgehead atoms. The van der Waals surface area contributed by atoms with Gasteiger partial charge in [0, 0.05) is 11.1 Å². The number of halogens is 2. The summed E-state index contributed by atoms with van der Waals surface area (Å²) in [7, 11) is 0. The van der Waals surface area contributed by atoms with E-state index in [9.17, 15) is 9.90 Å². The number of carbonyl (C=O) groups is 1. The number of hydrogen-bond donors (Lipinski definition) is 1. The number of aromatic hydroxyl groups is 1. The van der Waals surface area contributed by atoms with Crippen LogP contribution in [0.25, 0.3) is 0 Å². The molecule has 0 aliphatic heterocycles. The van der Waals surface area contributed by atoms with Gasteiger partial charge in [0.2, 0.25) is 0 Å². The summed E-state index contributed by atoms with van der Waals surface area (Å²) in [5, 5.41) is 10.3. The summed E-state index contributed by atoms with van der Waals surface area (Å²) >= 11 is 9.02. The van der Waals surface area contributed by atoms with Gasteiger partial charge in [0.05, 0.1) is 10.4 Å². The predicted molar refractivity (Wildman–Crippen MR) is 69.9 cm³/mol. The van der Waals surface area contributed by atoms with Crippen LogP contribution in [0.3, 0.4) is 0 Å². The second-order valence-corrected chi connectivity index (χ2v) is 5.63. The van der Waals surface area contributed by atoms with Crippen molar-refractivity contribution < 1.29 is 9.90 Å². The molecule has 0 aliphatic rings. The fourth-order valence-corrected chi connectivity index (χ4v) is 1.95. The lowest BCUT2D eigenvalue weighted by Crippen LogP contribution is -2.13. The standard InChI is InChI=1S/C12H14BrClO2/c1-12(2,3)8-4-7(10(15)6-13)5-9(14)11(8)16/h4-5,16H,6H2,1-3H3. The Bertz CT molecular complexity index is 422. The van der Waals surface area contributed by atoms with Crippen LogP contribution in [0.5, 0.6) is 5.75 Å². The monoisotopic (exact) mass is 304 g/mol. The molecular weight excluding hydrogens is 291 g/mol. The largest absolute Gasteiger partial charge is 0.506 e. The molecule has 0 saturated heterocycles. The molecule has 1 N–H and O–H groups in total. The van der Waals surface area contributed by atoms with Crippen molar-refractivity contribution in [3.05, 3.63) is 28.3 Å². The van der Waals surface area contributed by atoms with Gasteiger partial charge in [-0.1, -0.05) is 48.3 Å². The van der Waals surface area contributed by atoms with Gasteiger partial charge in [0.15, 0.2) is 5.78 Å². The minimum atomic E-state index is -0.254. The normalized spacial score (nSPS) is 11.6. The Morgan fingerprint density at radius 3 is 2.44 bits per heavy atom. The first-order valence-electron chi connectivity index (χ1n) is 4.89. The zero-order chi connectivity index (χ0) is 12.5. The fourth-order valence-electron chi connectivity index (χ4n) is 1.41. The highest BCUT2D eigenvalue weighted by Crippen LogP contribution is 2.37. The molecule has 0 amide bonds. The molecule has 0 fully saturated rings. The average Bonchev–Trinajstić information content (AvgIpc) is 2.18. The molecule has 1 rings (SSSR count). The second-order valence-electron chi connectivity index (χ2n) is 4.66. The van der Waals surface area contributed by atoms with E-state index in [4.69, 9.17) is 11.6 Å². The van der Waals surface area contributed by atoms with Crippen molar-refractivity contribution in [2.45, 2.75) is 26.2 Å². The zero-order valence-electron chi connectivity index (χ0n) is 9.47. The van der Waals surface area contributed by atoms with E-state index in [0.717, 1.165) is 0 Å². The van der Waals surface area contributed by atoms with Gasteiger partial charge in [-0.05, 0) is 17.5 Å². The third kappa shape index (κ3) is 2.77. The van der Waals surface area contributed by atoms with Gasteiger partial charge in [0.1, 0.15) is 5.75 Å². The van der Waals surface area contributed by atoms with Gasteiger partial charge in [-0.2, -0.15) is 0 Å². The molecule has 0 radical (unpaired) electrons. The van der Waals surface area contributed by atoms with Crippen molar-refractivity contribution in [1.29, 1.82) is 0 Å². The summed E-state index contributed by atoms with van der Waals surface area (Å²) < 4.78 is 0. The summed E-state index contributed by atoms with van der Waals surface area (Å²) in [5.74, 6) is 0.00712. The molecule has 2 nitrogen and oxygen atoms in total. The quantitative estimate of drug-likeness (QED) is 0.664. The van der Waals surface area contributed by atoms with Crippen LogP contribution in [0, 0.1) is 0 Å². The van der Waals surface area contributed by atoms with Crippen molar-refractivity contribution >= 4 is 33.3 Å². The number of ketones is 1. The van der Waals surface area contributed by atoms with Crippen LogP contribution in [0.1, 0.15) is 36.7 Å². The van der Waals surface area contributed by atoms with Gasteiger partial charge in [-0.3, -0.25) is 4.79 Å². The maximum Gasteiger partial charge on any atom is 0.173 e. The van der Waals surface area contributed by atoms with E-state index in [-0.39, 0.29) is 27.3 Å². The number of hydrogen-bond acceptors (Lipinski definition) is 2. The van der Waals surface area contributed by atoms with Crippen LogP contribution in [0.2, 0.25) is 5.02 Å². The molecule has 0 aliphatic carbocycles. The maximum absolute atomic E-state index is 11.6. The number of phenols is 1. The Labute approximate surface area is 109 Å². The van der Waals surface area contributed by atoms with Crippen molar-refractivity contribution in [3.8, 4) is 5.75 Å². The Kier molecular flexibility index (Phi) is 4.02. The van der Waals surface area contributed by atoms with Crippen LogP contribution in [0.15, 0.2) is 12.1 Å². The van der Waals surface area contributed by atoms with Gasteiger partial charge in [0.25, 0.3) is 0 Å². The first-order valence-corrected chi connectivity index (χ1v) is 6.39. The Morgan fingerprint density at radius 1 is 1.44 bits per heavy atom. The number of rotatable bonds is 2. The topological polar surface area (TPSA) is 37.3 Å². The van der Waals surface area contributed by atoms with E-state index in [1.165, 1.54) is 6.07 Å². The van der Waals surface area contributed by atoms with Crippen LogP contribution in [-0.2, 0) is 5.41 Å². The van der Waals surface area contributed by atoms with E-state index in [2.05, 4.69) is 15.9 Å². The predicted octanol–water partition coefficient (Wildman–Crippen LogP) is 3.92. The highest BCUT2D eigenvalue weighted by Gasteiger charge is 2.22. The molecule has 1 aromatic carbocycles. The molecule has 0 heterocycles. The van der Waals surface area contributed by atoms with Crippen LogP contribution >= 0.6 is 27.5 Å². The molecule has 0 aromatic heterocycles. The van der Waals surface area contributed by atoms with Gasteiger partial charge >= 0.3 is 0 Å². The van der Waals surface area contributed by atoms with Gasteiger partial charge in [-0.15, -0.1) is 0 Å². The maximum atomic E-state index is 11.6. The van der Waals surface area contributed by atoms with Gasteiger partial charge in [-0.25, -0.2) is 0 Å². The Morgan fingerprint density at radius 2 is 2.00 bits per heavy atom. The summed E-state index contributed by atoms with van der Waals surface area (Å²) in [5.41, 5.74) is 0.949. The van der Waals surface area contributed by atoms with Crippen LogP contribution < -0.4 is 0 Å². The van der Waals surface area contributed by atoms with E-state index in [0.29, 0.717) is 11.1 Å². The van der Waals surface area contributed by atoms with Crippen molar-refractivity contribution in [3.63, 3.8) is 0 Å². The highest BCUT2D eigenvalue weighted by atomic mass is 79.9. The van der Waals surface area contributed by atoms with Crippen molar-refractivity contribution in [1.82, 2.24) is 0 Å². The lowest BCUT2D eigenvalue weighted by molar-refractivity contribution is 0.102. The summed E-state index contributed by atoms with van der Waals surface area (Å²) in [6.45, 7) is 5.88. The molecular formula is C12H14BrClO2. The number of alkyl halides is 1. The number of carbonyl (C=O) groups excluding carboxylic acids is 1. The number of Topliss-reactive ketones (excluding diaryl/α,β-unsaturated/α-hetero) is 1. The first kappa shape index (κ1) is 13.5. The summed E-state index contributed by atoms with van der Waals surface area (Å²) in [6, 6.07) is 3.19. The molecule has 0 saturated carbocycles. The second kappa shape index (κ2) is 4.76. The first-order chi connectivity index (χ1) is 7.27. The minimum absolute atomic E-state index is 0.0487. The van der Waals surface area contributed by atoms with Crippen molar-refractivity contribution in [2.24, 2.45) is 0 Å². The summed E-state index contributed by atoms with van der Waals surface area (Å²) in [4.78, 5) is 11.6. The highest BCUT2D eigenvalue weighted by molar-refractivity contribution is 9.09. The third-order valence-corrected chi connectivity index (χ3v) is 3.11. The van der Waals surface area contributed by atoms with E-state index >= 15 is 0 Å². The summed E-state index contributed by atoms with van der Waals surface area (Å²) in [6.07, 6.45) is 0. The van der Waals surface area contributed by atoms with Crippen molar-refractivity contribution in [2.75, 3.05) is 5.33 Å². The number of benzene rings is 1. The molecule has 0 unspecified atom stereocenters. The fraction of sp³-hybridized carbons (Fsp3) is 0.417.